The summed E-state index contributed by atoms with van der Waals surface area (Å²) in [4.78, 5) is 17.6. The Morgan fingerprint density at radius 3 is 2.76 bits per heavy atom. The highest BCUT2D eigenvalue weighted by atomic mass is 32.2. The van der Waals surface area contributed by atoms with Crippen LogP contribution in [0.4, 0.5) is 11.4 Å². The molecule has 25 heavy (non-hydrogen) atoms. The number of hydrogen-bond donors (Lipinski definition) is 2. The summed E-state index contributed by atoms with van der Waals surface area (Å²) in [6, 6.07) is 7.00. The Bertz CT molecular complexity index is 906. The second-order valence-corrected chi connectivity index (χ2v) is 9.68. The van der Waals surface area contributed by atoms with Crippen molar-refractivity contribution in [3.63, 3.8) is 0 Å². The minimum Gasteiger partial charge on any atom is -0.397 e. The maximum atomic E-state index is 12.4. The number of sulfonamides is 1. The Morgan fingerprint density at radius 1 is 1.36 bits per heavy atom. The van der Waals surface area contributed by atoms with E-state index in [4.69, 9.17) is 5.73 Å². The van der Waals surface area contributed by atoms with E-state index in [1.807, 2.05) is 0 Å². The minimum absolute atomic E-state index is 0.272. The maximum Gasteiger partial charge on any atom is 0.284 e. The summed E-state index contributed by atoms with van der Waals surface area (Å²) in [6.07, 6.45) is 0.512. The molecule has 1 aromatic carbocycles. The summed E-state index contributed by atoms with van der Waals surface area (Å²) >= 11 is 1.23. The fourth-order valence-corrected chi connectivity index (χ4v) is 4.92. The van der Waals surface area contributed by atoms with Gasteiger partial charge >= 0.3 is 0 Å². The fourth-order valence-electron chi connectivity index (χ4n) is 2.57. The monoisotopic (exact) mass is 380 g/mol. The molecule has 3 N–H and O–H groups in total. The van der Waals surface area contributed by atoms with Crippen molar-refractivity contribution in [2.45, 2.75) is 32.1 Å². The number of anilines is 2. The van der Waals surface area contributed by atoms with E-state index in [-0.39, 0.29) is 12.5 Å². The van der Waals surface area contributed by atoms with Gasteiger partial charge in [-0.05, 0) is 26.0 Å². The zero-order valence-electron chi connectivity index (χ0n) is 14.0. The number of hydrogen-bond acceptors (Lipinski definition) is 6. The van der Waals surface area contributed by atoms with Crippen LogP contribution in [-0.4, -0.2) is 35.4 Å². The van der Waals surface area contributed by atoms with Crippen molar-refractivity contribution in [3.05, 3.63) is 39.8 Å². The van der Waals surface area contributed by atoms with E-state index in [1.54, 1.807) is 38.1 Å². The van der Waals surface area contributed by atoms with E-state index in [9.17, 15) is 13.2 Å². The quantitative estimate of drug-likeness (QED) is 0.790. The number of nitrogens with one attached hydrogen (secondary N) is 1. The SMILES string of the molecule is CC(C)S(=O)(=O)N1CCc2nc(C(=O)Nc3ccccc3N)sc2C1. The molecule has 0 radical (unpaired) electrons. The first-order valence-corrected chi connectivity index (χ1v) is 10.2. The highest BCUT2D eigenvalue weighted by Crippen LogP contribution is 2.28. The zero-order chi connectivity index (χ0) is 18.2. The standard InChI is InChI=1S/C16H20N4O3S2/c1-10(2)25(22,23)20-8-7-13-14(9-20)24-16(19-13)15(21)18-12-6-4-3-5-11(12)17/h3-6,10H,7-9,17H2,1-2H3,(H,18,21). The molecule has 1 aromatic heterocycles. The fraction of sp³-hybridized carbons (Fsp3) is 0.375. The van der Waals surface area contributed by atoms with E-state index in [0.717, 1.165) is 10.6 Å². The van der Waals surface area contributed by atoms with Crippen LogP contribution in [0.5, 0.6) is 0 Å². The number of amides is 1. The molecule has 1 amide bonds. The van der Waals surface area contributed by atoms with Crippen LogP contribution >= 0.6 is 11.3 Å². The highest BCUT2D eigenvalue weighted by Gasteiger charge is 2.31. The number of benzene rings is 1. The van der Waals surface area contributed by atoms with Crippen LogP contribution in [-0.2, 0) is 23.0 Å². The summed E-state index contributed by atoms with van der Waals surface area (Å²) in [5, 5.41) is 2.60. The van der Waals surface area contributed by atoms with Crippen LogP contribution in [0, 0.1) is 0 Å². The number of aromatic nitrogens is 1. The number of nitrogens with zero attached hydrogens (tertiary/aromatic N) is 2. The Morgan fingerprint density at radius 2 is 2.08 bits per heavy atom. The molecule has 3 rings (SSSR count). The molecule has 7 nitrogen and oxygen atoms in total. The van der Waals surface area contributed by atoms with Crippen molar-refractivity contribution in [2.75, 3.05) is 17.6 Å². The van der Waals surface area contributed by atoms with Gasteiger partial charge in [-0.15, -0.1) is 11.3 Å². The van der Waals surface area contributed by atoms with Crippen molar-refractivity contribution in [3.8, 4) is 0 Å². The van der Waals surface area contributed by atoms with Gasteiger partial charge in [-0.25, -0.2) is 13.4 Å². The van der Waals surface area contributed by atoms with Gasteiger partial charge in [0.2, 0.25) is 10.0 Å². The van der Waals surface area contributed by atoms with Crippen molar-refractivity contribution in [1.82, 2.24) is 9.29 Å². The lowest BCUT2D eigenvalue weighted by Gasteiger charge is -2.27. The lowest BCUT2D eigenvalue weighted by Crippen LogP contribution is -2.39. The van der Waals surface area contributed by atoms with Crippen molar-refractivity contribution in [2.24, 2.45) is 0 Å². The van der Waals surface area contributed by atoms with Crippen LogP contribution in [0.3, 0.4) is 0 Å². The number of para-hydroxylation sites is 2. The molecule has 0 fully saturated rings. The number of carbonyl (C=O) groups excluding carboxylic acids is 1. The van der Waals surface area contributed by atoms with E-state index in [1.165, 1.54) is 15.6 Å². The molecular weight excluding hydrogens is 360 g/mol. The number of thiazole rings is 1. The van der Waals surface area contributed by atoms with Crippen LogP contribution in [0.25, 0.3) is 0 Å². The molecule has 0 aliphatic carbocycles. The Labute approximate surface area is 150 Å². The number of fused-ring (bicyclic) bond motifs is 1. The van der Waals surface area contributed by atoms with Crippen molar-refractivity contribution in [1.29, 1.82) is 0 Å². The van der Waals surface area contributed by atoms with E-state index in [0.29, 0.717) is 29.3 Å². The second kappa shape index (κ2) is 6.74. The van der Waals surface area contributed by atoms with E-state index >= 15 is 0 Å². The van der Waals surface area contributed by atoms with Gasteiger partial charge in [0.15, 0.2) is 5.01 Å². The maximum absolute atomic E-state index is 12.4. The smallest absolute Gasteiger partial charge is 0.284 e. The first kappa shape index (κ1) is 17.8. The first-order chi connectivity index (χ1) is 11.8. The summed E-state index contributed by atoms with van der Waals surface area (Å²) < 4.78 is 26.1. The second-order valence-electron chi connectivity index (χ2n) is 6.11. The molecule has 1 aliphatic rings. The molecule has 2 heterocycles. The largest absolute Gasteiger partial charge is 0.397 e. The Balaban J connectivity index is 1.79. The van der Waals surface area contributed by atoms with Gasteiger partial charge in [0.25, 0.3) is 5.91 Å². The van der Waals surface area contributed by atoms with Crippen molar-refractivity contribution < 1.29 is 13.2 Å². The Hall–Kier alpha value is -1.97. The van der Waals surface area contributed by atoms with Gasteiger partial charge in [-0.2, -0.15) is 4.31 Å². The molecule has 1 aliphatic heterocycles. The van der Waals surface area contributed by atoms with Crippen LogP contribution in [0.2, 0.25) is 0 Å². The van der Waals surface area contributed by atoms with Gasteiger partial charge in [0.1, 0.15) is 0 Å². The topological polar surface area (TPSA) is 105 Å². The van der Waals surface area contributed by atoms with Crippen LogP contribution < -0.4 is 11.1 Å². The number of nitrogen functional groups attached to an aromatic ring is 1. The molecule has 0 saturated carbocycles. The van der Waals surface area contributed by atoms with Gasteiger partial charge < -0.3 is 11.1 Å². The molecule has 0 bridgehead atoms. The predicted octanol–water partition coefficient (Wildman–Crippen LogP) is 2.07. The third-order valence-electron chi connectivity index (χ3n) is 4.06. The molecule has 9 heteroatoms. The Kier molecular flexibility index (Phi) is 4.81. The molecule has 0 spiro atoms. The summed E-state index contributed by atoms with van der Waals surface area (Å²) in [6.45, 7) is 4.00. The molecule has 0 atom stereocenters. The molecule has 0 saturated heterocycles. The number of rotatable bonds is 4. The van der Waals surface area contributed by atoms with Crippen molar-refractivity contribution >= 4 is 38.6 Å². The minimum atomic E-state index is -3.31. The first-order valence-electron chi connectivity index (χ1n) is 7.92. The van der Waals surface area contributed by atoms with Gasteiger partial charge in [-0.3, -0.25) is 4.79 Å². The van der Waals surface area contributed by atoms with Gasteiger partial charge in [0, 0.05) is 24.4 Å². The van der Waals surface area contributed by atoms with E-state index in [2.05, 4.69) is 10.3 Å². The molecule has 0 unspecified atom stereocenters. The molecule has 2 aromatic rings. The molecule has 134 valence electrons. The third kappa shape index (κ3) is 3.53. The zero-order valence-corrected chi connectivity index (χ0v) is 15.7. The lowest BCUT2D eigenvalue weighted by atomic mass is 10.2. The lowest BCUT2D eigenvalue weighted by molar-refractivity contribution is 0.102. The third-order valence-corrected chi connectivity index (χ3v) is 7.36. The van der Waals surface area contributed by atoms with Crippen LogP contribution in [0.1, 0.15) is 34.2 Å². The number of carbonyl (C=O) groups is 1. The predicted molar refractivity (Wildman–Crippen MR) is 99.1 cm³/mol. The van der Waals surface area contributed by atoms with Gasteiger partial charge in [-0.1, -0.05) is 12.1 Å². The summed E-state index contributed by atoms with van der Waals surface area (Å²) in [7, 11) is -3.31. The highest BCUT2D eigenvalue weighted by molar-refractivity contribution is 7.89. The van der Waals surface area contributed by atoms with Crippen LogP contribution in [0.15, 0.2) is 24.3 Å². The van der Waals surface area contributed by atoms with Gasteiger partial charge in [0.05, 0.1) is 22.3 Å². The summed E-state index contributed by atoms with van der Waals surface area (Å²) in [5.74, 6) is -0.337. The van der Waals surface area contributed by atoms with E-state index < -0.39 is 15.3 Å². The average Bonchev–Trinajstić information content (AvgIpc) is 3.00. The summed E-state index contributed by atoms with van der Waals surface area (Å²) in [5.41, 5.74) is 7.64. The normalized spacial score (nSPS) is 15.2. The molecular formula is C16H20N4O3S2. The number of nitrogens with two attached hydrogens (primary N) is 1. The average molecular weight is 380 g/mol.